The number of aromatic nitrogens is 3. The average Bonchev–Trinajstić information content (AvgIpc) is 2.92. The number of hydrogen-bond donors (Lipinski definition) is 2. The van der Waals surface area contributed by atoms with Crippen LogP contribution in [0.3, 0.4) is 0 Å². The number of aliphatic carboxylic acids is 1. The Morgan fingerprint density at radius 3 is 2.79 bits per heavy atom. The molecule has 0 saturated carbocycles. The van der Waals surface area contributed by atoms with E-state index in [-0.39, 0.29) is 25.0 Å². The summed E-state index contributed by atoms with van der Waals surface area (Å²) in [6.45, 7) is 2.78. The fraction of sp³-hybridized carbons (Fsp3) is 0.636. The van der Waals surface area contributed by atoms with E-state index >= 15 is 0 Å². The van der Waals surface area contributed by atoms with Gasteiger partial charge < -0.3 is 15.3 Å². The third-order valence-corrected chi connectivity index (χ3v) is 3.26. The summed E-state index contributed by atoms with van der Waals surface area (Å²) in [5.41, 5.74) is 0. The molecule has 1 aromatic heterocycles. The minimum Gasteiger partial charge on any atom is -0.481 e. The number of aryl methyl sites for hydroxylation is 1. The lowest BCUT2D eigenvalue weighted by Gasteiger charge is -2.16. The third kappa shape index (κ3) is 3.01. The number of carboxylic acids is 1. The van der Waals surface area contributed by atoms with E-state index in [4.69, 9.17) is 5.11 Å². The molecule has 19 heavy (non-hydrogen) atoms. The summed E-state index contributed by atoms with van der Waals surface area (Å²) in [5.74, 6) is -0.845. The molecule has 8 nitrogen and oxygen atoms in total. The van der Waals surface area contributed by atoms with Crippen LogP contribution in [0.15, 0.2) is 6.33 Å². The van der Waals surface area contributed by atoms with Gasteiger partial charge in [-0.05, 0) is 5.92 Å². The van der Waals surface area contributed by atoms with Crippen LogP contribution in [0.5, 0.6) is 0 Å². The van der Waals surface area contributed by atoms with Gasteiger partial charge in [0.25, 0.3) is 0 Å². The van der Waals surface area contributed by atoms with Crippen molar-refractivity contribution in [1.82, 2.24) is 25.0 Å². The van der Waals surface area contributed by atoms with Gasteiger partial charge in [0.1, 0.15) is 6.33 Å². The second kappa shape index (κ2) is 5.25. The predicted molar refractivity (Wildman–Crippen MR) is 65.1 cm³/mol. The molecule has 1 fully saturated rings. The largest absolute Gasteiger partial charge is 0.481 e. The SMILES string of the molecule is CC1CN(C(=O)NCc2ncn(C)n2)CC1C(=O)O. The summed E-state index contributed by atoms with van der Waals surface area (Å²) >= 11 is 0. The Morgan fingerprint density at radius 2 is 2.26 bits per heavy atom. The van der Waals surface area contributed by atoms with Crippen molar-refractivity contribution in [2.75, 3.05) is 13.1 Å². The lowest BCUT2D eigenvalue weighted by atomic mass is 9.99. The zero-order chi connectivity index (χ0) is 14.0. The van der Waals surface area contributed by atoms with Crippen molar-refractivity contribution >= 4 is 12.0 Å². The maximum Gasteiger partial charge on any atom is 0.317 e. The Kier molecular flexibility index (Phi) is 3.68. The van der Waals surface area contributed by atoms with Gasteiger partial charge in [-0.25, -0.2) is 9.78 Å². The van der Waals surface area contributed by atoms with Crippen LogP contribution in [0, 0.1) is 11.8 Å². The van der Waals surface area contributed by atoms with Crippen molar-refractivity contribution in [3.8, 4) is 0 Å². The van der Waals surface area contributed by atoms with E-state index in [1.54, 1.807) is 18.1 Å². The zero-order valence-corrected chi connectivity index (χ0v) is 10.9. The molecule has 2 unspecified atom stereocenters. The number of hydrogen-bond acceptors (Lipinski definition) is 4. The highest BCUT2D eigenvalue weighted by Gasteiger charge is 2.36. The second-order valence-corrected chi connectivity index (χ2v) is 4.82. The summed E-state index contributed by atoms with van der Waals surface area (Å²) in [5, 5.41) is 15.7. The van der Waals surface area contributed by atoms with Crippen LogP contribution >= 0.6 is 0 Å². The van der Waals surface area contributed by atoms with E-state index in [1.165, 1.54) is 4.90 Å². The number of nitrogens with one attached hydrogen (secondary N) is 1. The van der Waals surface area contributed by atoms with Crippen LogP contribution < -0.4 is 5.32 Å². The lowest BCUT2D eigenvalue weighted by Crippen LogP contribution is -2.38. The van der Waals surface area contributed by atoms with Gasteiger partial charge in [-0.15, -0.1) is 0 Å². The van der Waals surface area contributed by atoms with Gasteiger partial charge >= 0.3 is 12.0 Å². The van der Waals surface area contributed by atoms with E-state index in [0.717, 1.165) is 0 Å². The van der Waals surface area contributed by atoms with Gasteiger partial charge in [0.15, 0.2) is 5.82 Å². The smallest absolute Gasteiger partial charge is 0.317 e. The Morgan fingerprint density at radius 1 is 1.53 bits per heavy atom. The summed E-state index contributed by atoms with van der Waals surface area (Å²) in [7, 11) is 1.75. The molecular formula is C11H17N5O3. The average molecular weight is 267 g/mol. The second-order valence-electron chi connectivity index (χ2n) is 4.82. The van der Waals surface area contributed by atoms with Crippen LogP contribution in [0.1, 0.15) is 12.7 Å². The van der Waals surface area contributed by atoms with Crippen LogP contribution in [-0.2, 0) is 18.4 Å². The highest BCUT2D eigenvalue weighted by molar-refractivity contribution is 5.77. The van der Waals surface area contributed by atoms with Gasteiger partial charge in [-0.2, -0.15) is 5.10 Å². The minimum atomic E-state index is -0.853. The van der Waals surface area contributed by atoms with Crippen LogP contribution in [0.2, 0.25) is 0 Å². The number of nitrogens with zero attached hydrogens (tertiary/aromatic N) is 4. The van der Waals surface area contributed by atoms with Crippen molar-refractivity contribution in [3.63, 3.8) is 0 Å². The molecule has 0 radical (unpaired) electrons. The van der Waals surface area contributed by atoms with Crippen LogP contribution in [-0.4, -0.2) is 49.9 Å². The standard InChI is InChI=1S/C11H17N5O3/c1-7-4-16(5-8(7)10(17)18)11(19)12-3-9-13-6-15(2)14-9/h6-8H,3-5H2,1-2H3,(H,12,19)(H,17,18). The molecule has 0 aromatic carbocycles. The van der Waals surface area contributed by atoms with Crippen LogP contribution in [0.25, 0.3) is 0 Å². The molecule has 104 valence electrons. The first kappa shape index (κ1) is 13.3. The molecule has 2 heterocycles. The molecule has 1 saturated heterocycles. The summed E-state index contributed by atoms with van der Waals surface area (Å²) in [4.78, 5) is 28.4. The fourth-order valence-corrected chi connectivity index (χ4v) is 2.19. The number of carbonyl (C=O) groups is 2. The highest BCUT2D eigenvalue weighted by atomic mass is 16.4. The number of carboxylic acid groups (broad SMARTS) is 1. The van der Waals surface area contributed by atoms with Crippen molar-refractivity contribution in [2.24, 2.45) is 18.9 Å². The summed E-state index contributed by atoms with van der Waals surface area (Å²) in [6.07, 6.45) is 1.56. The molecule has 2 N–H and O–H groups in total. The molecule has 8 heteroatoms. The topological polar surface area (TPSA) is 100 Å². The van der Waals surface area contributed by atoms with Gasteiger partial charge in [0.05, 0.1) is 12.5 Å². The number of amides is 2. The van der Waals surface area contributed by atoms with Gasteiger partial charge in [-0.1, -0.05) is 6.92 Å². The van der Waals surface area contributed by atoms with Crippen molar-refractivity contribution in [3.05, 3.63) is 12.2 Å². The zero-order valence-electron chi connectivity index (χ0n) is 10.9. The third-order valence-electron chi connectivity index (χ3n) is 3.26. The summed E-state index contributed by atoms with van der Waals surface area (Å²) in [6, 6.07) is -0.275. The minimum absolute atomic E-state index is 0.0313. The Bertz CT molecular complexity index is 486. The fourth-order valence-electron chi connectivity index (χ4n) is 2.19. The molecule has 1 aliphatic rings. The molecule has 2 rings (SSSR count). The normalized spacial score (nSPS) is 22.5. The monoisotopic (exact) mass is 267 g/mol. The molecular weight excluding hydrogens is 250 g/mol. The number of carbonyl (C=O) groups excluding carboxylic acids is 1. The highest BCUT2D eigenvalue weighted by Crippen LogP contribution is 2.22. The Balaban J connectivity index is 1.86. The maximum atomic E-state index is 11.9. The molecule has 2 atom stereocenters. The lowest BCUT2D eigenvalue weighted by molar-refractivity contribution is -0.142. The van der Waals surface area contributed by atoms with Crippen molar-refractivity contribution in [2.45, 2.75) is 13.5 Å². The van der Waals surface area contributed by atoms with Gasteiger partial charge in [0, 0.05) is 20.1 Å². The summed E-state index contributed by atoms with van der Waals surface area (Å²) < 4.78 is 1.56. The first-order chi connectivity index (χ1) is 8.97. The van der Waals surface area contributed by atoms with Crippen LogP contribution in [0.4, 0.5) is 4.79 Å². The Labute approximate surface area is 110 Å². The predicted octanol–water partition coefficient (Wildman–Crippen LogP) is -0.323. The van der Waals surface area contributed by atoms with E-state index in [9.17, 15) is 9.59 Å². The Hall–Kier alpha value is -2.12. The van der Waals surface area contributed by atoms with E-state index in [1.807, 2.05) is 6.92 Å². The van der Waals surface area contributed by atoms with E-state index < -0.39 is 11.9 Å². The molecule has 0 spiro atoms. The van der Waals surface area contributed by atoms with E-state index in [2.05, 4.69) is 15.4 Å². The van der Waals surface area contributed by atoms with Gasteiger partial charge in [-0.3, -0.25) is 9.48 Å². The van der Waals surface area contributed by atoms with Crippen molar-refractivity contribution in [1.29, 1.82) is 0 Å². The van der Waals surface area contributed by atoms with Gasteiger partial charge in [0.2, 0.25) is 0 Å². The molecule has 0 aliphatic carbocycles. The maximum absolute atomic E-state index is 11.9. The number of rotatable bonds is 3. The molecule has 0 bridgehead atoms. The molecule has 1 aromatic rings. The quantitative estimate of drug-likeness (QED) is 0.781. The number of likely N-dealkylation sites (tertiary alicyclic amines) is 1. The number of urea groups is 1. The van der Waals surface area contributed by atoms with Crippen molar-refractivity contribution < 1.29 is 14.7 Å². The molecule has 1 aliphatic heterocycles. The van der Waals surface area contributed by atoms with E-state index in [0.29, 0.717) is 12.4 Å². The first-order valence-electron chi connectivity index (χ1n) is 6.07. The first-order valence-corrected chi connectivity index (χ1v) is 6.07. The molecule has 2 amide bonds.